The minimum Gasteiger partial charge on any atom is -0.299 e. The van der Waals surface area contributed by atoms with E-state index in [0.717, 1.165) is 38.5 Å². The van der Waals surface area contributed by atoms with Crippen LogP contribution in [0.4, 0.5) is 0 Å². The average molecular weight is 362 g/mol. The Morgan fingerprint density at radius 3 is 2.76 bits per heavy atom. The number of carbonyl (C=O) groups is 1. The average Bonchev–Trinajstić information content (AvgIpc) is 2.94. The van der Waals surface area contributed by atoms with Crippen LogP contribution in [0.1, 0.15) is 58.8 Å². The summed E-state index contributed by atoms with van der Waals surface area (Å²) in [5, 5.41) is 7.86. The number of ketones is 1. The van der Waals surface area contributed by atoms with Crippen molar-refractivity contribution in [2.45, 2.75) is 63.7 Å². The van der Waals surface area contributed by atoms with Gasteiger partial charge < -0.3 is 0 Å². The molecule has 3 nitrogen and oxygen atoms in total. The molecule has 4 heteroatoms. The zero-order chi connectivity index (χ0) is 18.1. The molecule has 0 amide bonds. The second kappa shape index (κ2) is 7.24. The summed E-state index contributed by atoms with van der Waals surface area (Å²) in [5.41, 5.74) is 0.179. The maximum absolute atomic E-state index is 12.7. The third kappa shape index (κ3) is 3.70. The quantitative estimate of drug-likeness (QED) is 0.799. The van der Waals surface area contributed by atoms with Gasteiger partial charge in [-0.1, -0.05) is 32.0 Å². The van der Waals surface area contributed by atoms with Gasteiger partial charge in [-0.2, -0.15) is 0 Å². The van der Waals surface area contributed by atoms with Gasteiger partial charge in [0.1, 0.15) is 5.78 Å². The number of fused-ring (bicyclic) bond motifs is 1. The van der Waals surface area contributed by atoms with Crippen LogP contribution in [0.5, 0.6) is 0 Å². The molecule has 0 aromatic heterocycles. The highest BCUT2D eigenvalue weighted by atomic mass is 32.2. The largest absolute Gasteiger partial charge is 0.299 e. The first-order chi connectivity index (χ1) is 11.8. The van der Waals surface area contributed by atoms with Crippen molar-refractivity contribution >= 4 is 20.9 Å². The normalized spacial score (nSPS) is 32.7. The number of hydrogen-bond acceptors (Lipinski definition) is 2. The highest BCUT2D eigenvalue weighted by Crippen LogP contribution is 2.57. The van der Waals surface area contributed by atoms with Gasteiger partial charge in [0, 0.05) is 17.2 Å². The molecule has 2 saturated carbocycles. The van der Waals surface area contributed by atoms with Crippen LogP contribution in [0.3, 0.4) is 0 Å². The molecular formula is C21H31NO2S. The lowest BCUT2D eigenvalue weighted by atomic mass is 9.62. The number of hydrogen-bond donors (Lipinski definition) is 1. The fourth-order valence-corrected chi connectivity index (χ4v) is 6.60. The van der Waals surface area contributed by atoms with Gasteiger partial charge in [0.05, 0.1) is 9.71 Å². The number of nitrogens with two attached hydrogens (primary N) is 1. The smallest absolute Gasteiger partial charge is 0.136 e. The maximum atomic E-state index is 12.7. The fraction of sp³-hybridized carbons (Fsp3) is 0.619. The summed E-state index contributed by atoms with van der Waals surface area (Å²) in [6.45, 7) is 4.63. The molecule has 2 unspecified atom stereocenters. The van der Waals surface area contributed by atoms with Crippen LogP contribution < -0.4 is 5.14 Å². The minimum absolute atomic E-state index is 0.179. The molecule has 0 aliphatic heterocycles. The second-order valence-corrected chi connectivity index (χ2v) is 10.3. The molecule has 138 valence electrons. The highest BCUT2D eigenvalue weighted by molar-refractivity contribution is 7.99. The van der Waals surface area contributed by atoms with E-state index in [0.29, 0.717) is 22.5 Å². The van der Waals surface area contributed by atoms with Gasteiger partial charge in [0.15, 0.2) is 0 Å². The number of rotatable bonds is 5. The Bertz CT molecular complexity index is 736. The third-order valence-electron chi connectivity index (χ3n) is 6.72. The van der Waals surface area contributed by atoms with Crippen molar-refractivity contribution in [2.24, 2.45) is 28.3 Å². The van der Waals surface area contributed by atoms with Crippen LogP contribution in [0.15, 0.2) is 35.2 Å². The summed E-state index contributed by atoms with van der Waals surface area (Å²) in [4.78, 5) is 13.0. The van der Waals surface area contributed by atoms with E-state index in [4.69, 9.17) is 5.14 Å². The molecule has 2 N–H and O–H groups in total. The fourth-order valence-electron chi connectivity index (χ4n) is 5.34. The Morgan fingerprint density at radius 2 is 2.04 bits per heavy atom. The summed E-state index contributed by atoms with van der Waals surface area (Å²) in [5.74, 6) is 1.90. The molecule has 1 aromatic carbocycles. The molecule has 2 aliphatic rings. The first-order valence-electron chi connectivity index (χ1n) is 9.57. The molecule has 0 heterocycles. The molecule has 0 spiro atoms. The first-order valence-corrected chi connectivity index (χ1v) is 11.3. The van der Waals surface area contributed by atoms with Crippen molar-refractivity contribution in [3.63, 3.8) is 0 Å². The Morgan fingerprint density at radius 1 is 1.32 bits per heavy atom. The predicted octanol–water partition coefficient (Wildman–Crippen LogP) is 4.21. The van der Waals surface area contributed by atoms with Crippen LogP contribution >= 0.6 is 0 Å². The molecule has 5 atom stereocenters. The van der Waals surface area contributed by atoms with Gasteiger partial charge in [0.2, 0.25) is 0 Å². The molecule has 2 aliphatic carbocycles. The van der Waals surface area contributed by atoms with Crippen LogP contribution in [-0.2, 0) is 14.5 Å². The van der Waals surface area contributed by atoms with E-state index >= 15 is 0 Å². The zero-order valence-corrected chi connectivity index (χ0v) is 16.3. The molecule has 0 bridgehead atoms. The summed E-state index contributed by atoms with van der Waals surface area (Å²) >= 11 is 0. The van der Waals surface area contributed by atoms with Gasteiger partial charge in [-0.3, -0.25) is 9.93 Å². The van der Waals surface area contributed by atoms with Crippen molar-refractivity contribution in [1.29, 1.82) is 0 Å². The summed E-state index contributed by atoms with van der Waals surface area (Å²) in [6, 6.07) is 9.32. The van der Waals surface area contributed by atoms with Gasteiger partial charge >= 0.3 is 0 Å². The van der Waals surface area contributed by atoms with Crippen LogP contribution in [-0.4, -0.2) is 15.4 Å². The van der Waals surface area contributed by atoms with Crippen molar-refractivity contribution < 1.29 is 9.00 Å². The molecule has 2 fully saturated rings. The number of Topliss-reactive ketones (excluding diaryl/α,β-unsaturated/α-hetero) is 1. The van der Waals surface area contributed by atoms with E-state index in [-0.39, 0.29) is 11.3 Å². The lowest BCUT2D eigenvalue weighted by Gasteiger charge is -2.42. The van der Waals surface area contributed by atoms with Crippen molar-refractivity contribution in [1.82, 2.24) is 0 Å². The Labute approximate surface area is 152 Å². The first kappa shape index (κ1) is 18.7. The van der Waals surface area contributed by atoms with Gasteiger partial charge in [-0.25, -0.2) is 4.21 Å². The zero-order valence-electron chi connectivity index (χ0n) is 15.4. The standard InChI is InChI=1S/C21H31NO2S/c1-16(8-7-15-25(22,24)17-9-4-3-5-10-17)18-12-13-19-20(23)11-6-14-21(18,19)2/h3-5,9-10,15-16,18-19H,6-8,11-14H2,1-2H3,(H2,22,24)/t16-,18?,19+,21-,25?/m1/s1. The molecule has 0 radical (unpaired) electrons. The van der Waals surface area contributed by atoms with E-state index in [1.54, 1.807) is 5.37 Å². The van der Waals surface area contributed by atoms with E-state index in [1.807, 2.05) is 30.3 Å². The molecular weight excluding hydrogens is 330 g/mol. The van der Waals surface area contributed by atoms with Crippen LogP contribution in [0.2, 0.25) is 0 Å². The van der Waals surface area contributed by atoms with E-state index < -0.39 is 9.71 Å². The number of carbonyl (C=O) groups excluding carboxylic acids is 1. The third-order valence-corrected chi connectivity index (χ3v) is 8.46. The SMILES string of the molecule is C[C@H](CCC=S(N)(=O)c1ccccc1)C1CC[C@H]2C(=O)CCC[C@]12C. The summed E-state index contributed by atoms with van der Waals surface area (Å²) in [6.07, 6.45) is 6.97. The highest BCUT2D eigenvalue weighted by Gasteiger charge is 2.52. The molecule has 1 aromatic rings. The predicted molar refractivity (Wildman–Crippen MR) is 105 cm³/mol. The summed E-state index contributed by atoms with van der Waals surface area (Å²) < 4.78 is 12.7. The molecule has 25 heavy (non-hydrogen) atoms. The monoisotopic (exact) mass is 361 g/mol. The van der Waals surface area contributed by atoms with E-state index in [2.05, 4.69) is 13.8 Å². The molecule has 0 saturated heterocycles. The van der Waals surface area contributed by atoms with Crippen molar-refractivity contribution in [3.8, 4) is 0 Å². The lowest BCUT2D eigenvalue weighted by Crippen LogP contribution is -2.39. The van der Waals surface area contributed by atoms with Gasteiger partial charge in [-0.05, 0) is 73.3 Å². The Balaban J connectivity index is 1.65. The van der Waals surface area contributed by atoms with Gasteiger partial charge in [-0.15, -0.1) is 0 Å². The Hall–Kier alpha value is -1.13. The van der Waals surface area contributed by atoms with Crippen molar-refractivity contribution in [3.05, 3.63) is 30.3 Å². The van der Waals surface area contributed by atoms with Crippen molar-refractivity contribution in [2.75, 3.05) is 0 Å². The second-order valence-electron chi connectivity index (χ2n) is 8.24. The van der Waals surface area contributed by atoms with Gasteiger partial charge in [0.25, 0.3) is 0 Å². The lowest BCUT2D eigenvalue weighted by molar-refractivity contribution is -0.130. The summed E-state index contributed by atoms with van der Waals surface area (Å²) in [7, 11) is -2.56. The number of benzene rings is 1. The van der Waals surface area contributed by atoms with Crippen LogP contribution in [0, 0.1) is 23.2 Å². The van der Waals surface area contributed by atoms with E-state index in [9.17, 15) is 9.00 Å². The Kier molecular flexibility index (Phi) is 5.40. The maximum Gasteiger partial charge on any atom is 0.136 e. The van der Waals surface area contributed by atoms with Crippen LogP contribution in [0.25, 0.3) is 0 Å². The minimum atomic E-state index is -2.56. The topological polar surface area (TPSA) is 60.2 Å². The molecule has 3 rings (SSSR count). The van der Waals surface area contributed by atoms with E-state index in [1.165, 1.54) is 6.42 Å².